The average molecular weight is 412 g/mol. The van der Waals surface area contributed by atoms with Gasteiger partial charge in [-0.3, -0.25) is 9.59 Å². The van der Waals surface area contributed by atoms with Crippen LogP contribution in [0.3, 0.4) is 0 Å². The number of phenols is 1. The molecule has 0 unspecified atom stereocenters. The van der Waals surface area contributed by atoms with E-state index in [0.717, 1.165) is 36.5 Å². The first kappa shape index (κ1) is 21.6. The Morgan fingerprint density at radius 3 is 2.47 bits per heavy atom. The molecule has 0 fully saturated rings. The maximum absolute atomic E-state index is 13.0. The lowest BCUT2D eigenvalue weighted by atomic mass is 10.0. The van der Waals surface area contributed by atoms with Gasteiger partial charge in [0.2, 0.25) is 0 Å². The minimum absolute atomic E-state index is 0.0909. The fourth-order valence-corrected chi connectivity index (χ4v) is 3.68. The van der Waals surface area contributed by atoms with Gasteiger partial charge < -0.3 is 25.4 Å². The summed E-state index contributed by atoms with van der Waals surface area (Å²) in [6.45, 7) is 9.97. The average Bonchev–Trinajstić information content (AvgIpc) is 3.14. The molecule has 0 saturated carbocycles. The molecule has 3 rings (SSSR count). The zero-order valence-electron chi connectivity index (χ0n) is 17.8. The van der Waals surface area contributed by atoms with E-state index in [-0.39, 0.29) is 34.3 Å². The minimum Gasteiger partial charge on any atom is -0.507 e. The molecule has 0 atom stereocenters. The van der Waals surface area contributed by atoms with Crippen LogP contribution in [0.5, 0.6) is 11.5 Å². The Morgan fingerprint density at radius 1 is 1.10 bits per heavy atom. The molecule has 0 aromatic heterocycles. The summed E-state index contributed by atoms with van der Waals surface area (Å²) in [6.07, 6.45) is 0. The molecular formula is C23H29N3O4. The Morgan fingerprint density at radius 2 is 1.80 bits per heavy atom. The number of likely N-dealkylation sites (N-methyl/N-ethyl adjacent to an activating group) is 1. The van der Waals surface area contributed by atoms with Crippen LogP contribution < -0.4 is 10.5 Å². The maximum Gasteiger partial charge on any atom is 0.256 e. The topological polar surface area (TPSA) is 96.1 Å². The third-order valence-corrected chi connectivity index (χ3v) is 5.54. The van der Waals surface area contributed by atoms with Gasteiger partial charge in [-0.25, -0.2) is 0 Å². The van der Waals surface area contributed by atoms with E-state index < -0.39 is 0 Å². The van der Waals surface area contributed by atoms with Crippen molar-refractivity contribution >= 4 is 17.4 Å². The number of benzene rings is 2. The smallest absolute Gasteiger partial charge is 0.256 e. The van der Waals surface area contributed by atoms with E-state index in [1.54, 1.807) is 4.90 Å². The first-order valence-corrected chi connectivity index (χ1v) is 10.2. The van der Waals surface area contributed by atoms with Gasteiger partial charge in [-0.2, -0.15) is 0 Å². The predicted molar refractivity (Wildman–Crippen MR) is 116 cm³/mol. The normalized spacial score (nSPS) is 12.9. The Labute approximate surface area is 177 Å². The van der Waals surface area contributed by atoms with Crippen LogP contribution in [0.2, 0.25) is 0 Å². The van der Waals surface area contributed by atoms with Gasteiger partial charge in [-0.15, -0.1) is 0 Å². The number of rotatable bonds is 8. The van der Waals surface area contributed by atoms with Gasteiger partial charge in [0.25, 0.3) is 5.91 Å². The fourth-order valence-electron chi connectivity index (χ4n) is 3.68. The highest BCUT2D eigenvalue weighted by atomic mass is 16.5. The predicted octanol–water partition coefficient (Wildman–Crippen LogP) is 3.05. The number of ketones is 1. The van der Waals surface area contributed by atoms with Crippen molar-refractivity contribution < 1.29 is 19.4 Å². The molecule has 0 spiro atoms. The zero-order chi connectivity index (χ0) is 21.8. The molecule has 1 aliphatic heterocycles. The number of nitrogens with zero attached hydrogens (tertiary/aromatic N) is 2. The van der Waals surface area contributed by atoms with Crippen LogP contribution in [-0.4, -0.2) is 52.8 Å². The molecule has 0 bridgehead atoms. The number of carbonyl (C=O) groups is 2. The molecule has 160 valence electrons. The SMILES string of the molecule is CCN(CC)CCOc1ccc2c(c1)CN(C(=O)c1cc(C(C)=O)c(O)cc1N)C2. The largest absolute Gasteiger partial charge is 0.507 e. The molecule has 1 amide bonds. The molecule has 0 radical (unpaired) electrons. The summed E-state index contributed by atoms with van der Waals surface area (Å²) in [5.74, 6) is -0.0149. The Hall–Kier alpha value is -3.06. The van der Waals surface area contributed by atoms with Crippen molar-refractivity contribution in [2.24, 2.45) is 0 Å². The number of Topliss-reactive ketones (excluding diaryl/α,β-unsaturated/α-hetero) is 1. The quantitative estimate of drug-likeness (QED) is 0.512. The van der Waals surface area contributed by atoms with Gasteiger partial charge in [-0.1, -0.05) is 19.9 Å². The number of amides is 1. The lowest BCUT2D eigenvalue weighted by molar-refractivity contribution is 0.0752. The maximum atomic E-state index is 13.0. The number of phenolic OH excluding ortho intramolecular Hbond substituents is 1. The lowest BCUT2D eigenvalue weighted by Gasteiger charge is -2.18. The number of ether oxygens (including phenoxy) is 1. The summed E-state index contributed by atoms with van der Waals surface area (Å²) in [6, 6.07) is 8.52. The molecular weight excluding hydrogens is 382 g/mol. The first-order chi connectivity index (χ1) is 14.3. The van der Waals surface area contributed by atoms with Crippen molar-refractivity contribution in [2.75, 3.05) is 32.0 Å². The highest BCUT2D eigenvalue weighted by Gasteiger charge is 2.27. The number of hydrogen-bond donors (Lipinski definition) is 2. The number of nitrogen functional groups attached to an aromatic ring is 1. The molecule has 3 N–H and O–H groups in total. The Kier molecular flexibility index (Phi) is 6.62. The van der Waals surface area contributed by atoms with Crippen molar-refractivity contribution in [3.63, 3.8) is 0 Å². The van der Waals surface area contributed by atoms with Crippen LogP contribution >= 0.6 is 0 Å². The first-order valence-electron chi connectivity index (χ1n) is 10.2. The van der Waals surface area contributed by atoms with E-state index in [0.29, 0.717) is 19.7 Å². The van der Waals surface area contributed by atoms with Crippen molar-refractivity contribution in [3.8, 4) is 11.5 Å². The Balaban J connectivity index is 1.70. The van der Waals surface area contributed by atoms with Crippen molar-refractivity contribution in [2.45, 2.75) is 33.9 Å². The van der Waals surface area contributed by atoms with Crippen molar-refractivity contribution in [1.82, 2.24) is 9.80 Å². The molecule has 30 heavy (non-hydrogen) atoms. The van der Waals surface area contributed by atoms with E-state index in [4.69, 9.17) is 10.5 Å². The molecule has 1 heterocycles. The highest BCUT2D eigenvalue weighted by molar-refractivity contribution is 6.04. The summed E-state index contributed by atoms with van der Waals surface area (Å²) in [5, 5.41) is 9.90. The molecule has 2 aromatic rings. The summed E-state index contributed by atoms with van der Waals surface area (Å²) < 4.78 is 5.89. The number of aromatic hydroxyl groups is 1. The van der Waals surface area contributed by atoms with Gasteiger partial charge in [0, 0.05) is 31.4 Å². The second-order valence-corrected chi connectivity index (χ2v) is 7.48. The molecule has 7 nitrogen and oxygen atoms in total. The second kappa shape index (κ2) is 9.17. The Bertz CT molecular complexity index is 954. The summed E-state index contributed by atoms with van der Waals surface area (Å²) >= 11 is 0. The van der Waals surface area contributed by atoms with Gasteiger partial charge in [0.15, 0.2) is 5.78 Å². The molecule has 2 aromatic carbocycles. The van der Waals surface area contributed by atoms with Crippen LogP contribution in [0.25, 0.3) is 0 Å². The fraction of sp³-hybridized carbons (Fsp3) is 0.391. The van der Waals surface area contributed by atoms with Gasteiger partial charge >= 0.3 is 0 Å². The number of anilines is 1. The second-order valence-electron chi connectivity index (χ2n) is 7.48. The van der Waals surface area contributed by atoms with Crippen LogP contribution in [-0.2, 0) is 13.1 Å². The van der Waals surface area contributed by atoms with E-state index >= 15 is 0 Å². The van der Waals surface area contributed by atoms with Crippen LogP contribution in [0.15, 0.2) is 30.3 Å². The van der Waals surface area contributed by atoms with Crippen LogP contribution in [0, 0.1) is 0 Å². The van der Waals surface area contributed by atoms with Crippen LogP contribution in [0.1, 0.15) is 52.6 Å². The molecule has 0 aliphatic carbocycles. The monoisotopic (exact) mass is 411 g/mol. The summed E-state index contributed by atoms with van der Waals surface area (Å²) in [4.78, 5) is 28.7. The van der Waals surface area contributed by atoms with E-state index in [2.05, 4.69) is 18.7 Å². The molecule has 1 aliphatic rings. The van der Waals surface area contributed by atoms with E-state index in [9.17, 15) is 14.7 Å². The highest BCUT2D eigenvalue weighted by Crippen LogP contribution is 2.31. The van der Waals surface area contributed by atoms with Crippen molar-refractivity contribution in [3.05, 3.63) is 52.6 Å². The van der Waals surface area contributed by atoms with Gasteiger partial charge in [0.1, 0.15) is 18.1 Å². The number of fused-ring (bicyclic) bond motifs is 1. The number of hydrogen-bond acceptors (Lipinski definition) is 6. The number of carbonyl (C=O) groups excluding carboxylic acids is 2. The minimum atomic E-state index is -0.322. The molecule has 7 heteroatoms. The zero-order valence-corrected chi connectivity index (χ0v) is 17.8. The van der Waals surface area contributed by atoms with Gasteiger partial charge in [-0.05, 0) is 49.3 Å². The molecule has 0 saturated heterocycles. The lowest BCUT2D eigenvalue weighted by Crippen LogP contribution is -2.27. The third kappa shape index (κ3) is 4.57. The summed E-state index contributed by atoms with van der Waals surface area (Å²) in [7, 11) is 0. The number of nitrogens with two attached hydrogens (primary N) is 1. The standard InChI is InChI=1S/C23H29N3O4/c1-4-25(5-2)8-9-30-18-7-6-16-13-26(14-17(16)10-18)23(29)20-11-19(15(3)27)22(28)12-21(20)24/h6-7,10-12,28H,4-5,8-9,13-14,24H2,1-3H3. The van der Waals surface area contributed by atoms with Gasteiger partial charge in [0.05, 0.1) is 11.1 Å². The van der Waals surface area contributed by atoms with Crippen molar-refractivity contribution in [1.29, 1.82) is 0 Å². The van der Waals surface area contributed by atoms with E-state index in [1.165, 1.54) is 19.1 Å². The van der Waals surface area contributed by atoms with E-state index in [1.807, 2.05) is 18.2 Å². The van der Waals surface area contributed by atoms with Crippen LogP contribution in [0.4, 0.5) is 5.69 Å². The third-order valence-electron chi connectivity index (χ3n) is 5.54. The summed E-state index contributed by atoms with van der Waals surface area (Å²) in [5.41, 5.74) is 8.51.